The van der Waals surface area contributed by atoms with Crippen LogP contribution in [0.1, 0.15) is 64.0 Å². The predicted octanol–water partition coefficient (Wildman–Crippen LogP) is 2.04. The summed E-state index contributed by atoms with van der Waals surface area (Å²) in [6, 6.07) is 8.31. The van der Waals surface area contributed by atoms with Crippen LogP contribution >= 0.6 is 0 Å². The van der Waals surface area contributed by atoms with Crippen molar-refractivity contribution >= 4 is 22.0 Å². The number of piperidine rings is 1. The predicted molar refractivity (Wildman–Crippen MR) is 146 cm³/mol. The van der Waals surface area contributed by atoms with Crippen LogP contribution in [0.25, 0.3) is 6.08 Å². The molecule has 1 aromatic rings. The van der Waals surface area contributed by atoms with E-state index in [0.717, 1.165) is 19.3 Å². The minimum absolute atomic E-state index is 0.110. The van der Waals surface area contributed by atoms with Crippen molar-refractivity contribution in [1.29, 1.82) is 0 Å². The molecule has 4 N–H and O–H groups in total. The molecule has 8 nitrogen and oxygen atoms in total. The molecule has 3 atom stereocenters. The molecule has 2 unspecified atom stereocenters. The van der Waals surface area contributed by atoms with E-state index in [9.17, 15) is 28.5 Å². The average molecular weight is 547 g/mol. The van der Waals surface area contributed by atoms with Gasteiger partial charge in [0.05, 0.1) is 30.0 Å². The average Bonchev–Trinajstić information content (AvgIpc) is 3.42. The van der Waals surface area contributed by atoms with Gasteiger partial charge >= 0.3 is 0 Å². The summed E-state index contributed by atoms with van der Waals surface area (Å²) in [5.74, 6) is -0.570. The van der Waals surface area contributed by atoms with Crippen molar-refractivity contribution < 1.29 is 28.5 Å². The van der Waals surface area contributed by atoms with E-state index in [2.05, 4.69) is 43.4 Å². The summed E-state index contributed by atoms with van der Waals surface area (Å²) in [6.07, 6.45) is 7.65. The zero-order valence-corrected chi connectivity index (χ0v) is 23.6. The van der Waals surface area contributed by atoms with Gasteiger partial charge in [-0.1, -0.05) is 50.3 Å². The zero-order valence-electron chi connectivity index (χ0n) is 22.7. The van der Waals surface area contributed by atoms with Crippen LogP contribution in [0.4, 0.5) is 0 Å². The summed E-state index contributed by atoms with van der Waals surface area (Å²) in [5, 5.41) is 34.0. The Bertz CT molecular complexity index is 1230. The van der Waals surface area contributed by atoms with E-state index in [0.29, 0.717) is 25.9 Å². The molecule has 3 aliphatic carbocycles. The van der Waals surface area contributed by atoms with Gasteiger partial charge in [-0.3, -0.25) is 4.79 Å². The van der Waals surface area contributed by atoms with Gasteiger partial charge in [-0.25, -0.2) is 12.7 Å². The fourth-order valence-electron chi connectivity index (χ4n) is 7.99. The van der Waals surface area contributed by atoms with Gasteiger partial charge in [0.2, 0.25) is 15.9 Å². The molecule has 1 saturated heterocycles. The summed E-state index contributed by atoms with van der Waals surface area (Å²) < 4.78 is 29.6. The third-order valence-electron chi connectivity index (χ3n) is 11.0. The van der Waals surface area contributed by atoms with Crippen LogP contribution in [0.3, 0.4) is 0 Å². The Morgan fingerprint density at radius 1 is 1.13 bits per heavy atom. The van der Waals surface area contributed by atoms with Crippen molar-refractivity contribution in [3.05, 3.63) is 41.5 Å². The number of rotatable bonds is 8. The third-order valence-corrected chi connectivity index (χ3v) is 13.0. The number of fused-ring (bicyclic) bond motifs is 4. The van der Waals surface area contributed by atoms with Crippen LogP contribution in [-0.2, 0) is 20.2 Å². The molecular weight excluding hydrogens is 504 g/mol. The molecule has 9 heteroatoms. The van der Waals surface area contributed by atoms with E-state index in [4.69, 9.17) is 0 Å². The van der Waals surface area contributed by atoms with Crippen molar-refractivity contribution in [3.8, 4) is 0 Å². The summed E-state index contributed by atoms with van der Waals surface area (Å²) in [5.41, 5.74) is -1.77. The molecule has 38 heavy (non-hydrogen) atoms. The first-order valence-corrected chi connectivity index (χ1v) is 15.4. The smallest absolute Gasteiger partial charge is 0.230 e. The molecule has 3 fully saturated rings. The number of hydrogen-bond donors (Lipinski definition) is 4. The van der Waals surface area contributed by atoms with Crippen molar-refractivity contribution in [3.63, 3.8) is 0 Å². The van der Waals surface area contributed by atoms with Crippen LogP contribution in [0.15, 0.2) is 30.3 Å². The van der Waals surface area contributed by atoms with Crippen molar-refractivity contribution in [2.24, 2.45) is 22.2 Å². The Kier molecular flexibility index (Phi) is 6.67. The number of carbonyl (C=O) groups is 1. The molecule has 1 aliphatic heterocycles. The molecule has 1 spiro atoms. The van der Waals surface area contributed by atoms with Gasteiger partial charge in [0.25, 0.3) is 0 Å². The largest absolute Gasteiger partial charge is 0.395 e. The molecule has 2 bridgehead atoms. The fourth-order valence-corrected chi connectivity index (χ4v) is 10.3. The van der Waals surface area contributed by atoms with Crippen molar-refractivity contribution in [2.75, 3.05) is 38.6 Å². The maximum atomic E-state index is 14.0. The number of hydrogen-bond acceptors (Lipinski definition) is 6. The Labute approximate surface area is 226 Å². The molecule has 1 amide bonds. The minimum atomic E-state index is -3.70. The van der Waals surface area contributed by atoms with Crippen LogP contribution in [0.5, 0.6) is 0 Å². The third kappa shape index (κ3) is 3.91. The Balaban J connectivity index is 1.35. The van der Waals surface area contributed by atoms with Gasteiger partial charge in [0, 0.05) is 30.5 Å². The highest BCUT2D eigenvalue weighted by molar-refractivity contribution is 7.89. The summed E-state index contributed by atoms with van der Waals surface area (Å²) in [6.45, 7) is 5.26. The monoisotopic (exact) mass is 546 g/mol. The lowest BCUT2D eigenvalue weighted by Crippen LogP contribution is -2.61. The second-order valence-corrected chi connectivity index (χ2v) is 15.0. The number of aliphatic hydroxyl groups excluding tert-OH is 2. The van der Waals surface area contributed by atoms with E-state index in [1.54, 1.807) is 4.31 Å². The molecule has 4 aliphatic rings. The lowest BCUT2D eigenvalue weighted by atomic mass is 9.64. The number of sulfonamides is 1. The first-order chi connectivity index (χ1) is 17.8. The molecular formula is C29H42N2O6S. The summed E-state index contributed by atoms with van der Waals surface area (Å²) in [4.78, 5) is 12.8. The molecule has 2 saturated carbocycles. The molecule has 5 rings (SSSR count). The molecule has 0 radical (unpaired) electrons. The fraction of sp³-hybridized carbons (Fsp3) is 0.690. The minimum Gasteiger partial charge on any atom is -0.395 e. The number of amides is 1. The van der Waals surface area contributed by atoms with Gasteiger partial charge in [-0.05, 0) is 61.5 Å². The standard InChI is InChI=1S/C29H42N2O6S/c1-25(2)22-9-11-28(25,29(35,16-22)17-30-24(34)26(3,18-32)19-33)20-38(36,37)31-14-12-27(13-15-31)10-8-21-6-4-5-7-23(21)27/h4-8,10,22,32-33,35H,9,11-20H2,1-3H3,(H,30,34)/t22?,28-,29?/m0/s1. The van der Waals surface area contributed by atoms with Crippen molar-refractivity contribution in [2.45, 2.75) is 63.9 Å². The highest BCUT2D eigenvalue weighted by Gasteiger charge is 2.72. The normalized spacial score (nSPS) is 31.6. The van der Waals surface area contributed by atoms with Crippen LogP contribution in [0.2, 0.25) is 0 Å². The highest BCUT2D eigenvalue weighted by Crippen LogP contribution is 2.70. The number of carbonyl (C=O) groups excluding carboxylic acids is 1. The maximum Gasteiger partial charge on any atom is 0.230 e. The van der Waals surface area contributed by atoms with Gasteiger partial charge < -0.3 is 20.6 Å². The zero-order chi connectivity index (χ0) is 27.6. The lowest BCUT2D eigenvalue weighted by molar-refractivity contribution is -0.139. The van der Waals surface area contributed by atoms with Gasteiger partial charge in [-0.15, -0.1) is 0 Å². The van der Waals surface area contributed by atoms with Gasteiger partial charge in [-0.2, -0.15) is 0 Å². The van der Waals surface area contributed by atoms with Gasteiger partial charge in [0.15, 0.2) is 0 Å². The molecule has 1 aromatic carbocycles. The second kappa shape index (κ2) is 9.13. The number of nitrogens with zero attached hydrogens (tertiary/aromatic N) is 1. The van der Waals surface area contributed by atoms with E-state index < -0.39 is 51.0 Å². The molecule has 0 aromatic heterocycles. The number of aliphatic hydroxyl groups is 3. The first kappa shape index (κ1) is 27.8. The number of benzene rings is 1. The number of nitrogens with one attached hydrogen (secondary N) is 1. The Morgan fingerprint density at radius 3 is 2.42 bits per heavy atom. The first-order valence-electron chi connectivity index (χ1n) is 13.8. The van der Waals surface area contributed by atoms with Crippen LogP contribution < -0.4 is 5.32 Å². The Morgan fingerprint density at radius 2 is 1.79 bits per heavy atom. The van der Waals surface area contributed by atoms with Crippen LogP contribution in [0, 0.1) is 22.2 Å². The quantitative estimate of drug-likeness (QED) is 0.395. The highest BCUT2D eigenvalue weighted by atomic mass is 32.2. The SMILES string of the molecule is CC(CO)(CO)C(=O)NCC1(O)CC2CC[C@]1(CS(=O)(=O)N1CCC3(C=Cc4ccccc43)CC1)C2(C)C. The topological polar surface area (TPSA) is 127 Å². The second-order valence-electron chi connectivity index (χ2n) is 13.1. The molecule has 210 valence electrons. The molecule has 1 heterocycles. The van der Waals surface area contributed by atoms with E-state index in [1.165, 1.54) is 18.1 Å². The van der Waals surface area contributed by atoms with Crippen molar-refractivity contribution in [1.82, 2.24) is 9.62 Å². The summed E-state index contributed by atoms with van der Waals surface area (Å²) in [7, 11) is -3.70. The number of allylic oxidation sites excluding steroid dienone is 1. The van der Waals surface area contributed by atoms with E-state index in [1.807, 2.05) is 12.1 Å². The van der Waals surface area contributed by atoms with Crippen LogP contribution in [-0.4, -0.2) is 78.2 Å². The Hall–Kier alpha value is -1.78. The summed E-state index contributed by atoms with van der Waals surface area (Å²) >= 11 is 0. The van der Waals surface area contributed by atoms with E-state index in [-0.39, 0.29) is 23.6 Å². The maximum absolute atomic E-state index is 14.0. The van der Waals surface area contributed by atoms with E-state index >= 15 is 0 Å². The van der Waals surface area contributed by atoms with Gasteiger partial charge in [0.1, 0.15) is 0 Å². The lowest BCUT2D eigenvalue weighted by Gasteiger charge is -2.49.